The Hall–Kier alpha value is -0.940. The molecule has 82 valence electrons. The zero-order chi connectivity index (χ0) is 11.4. The predicted octanol–water partition coefficient (Wildman–Crippen LogP) is 2.75. The van der Waals surface area contributed by atoms with Crippen LogP contribution in [0.5, 0.6) is 0 Å². The number of carboxylic acids is 1. The SMILES string of the molecule is CCOC(C(=O)O)c1cc(F)ccc1Br. The molecule has 1 aromatic rings. The Morgan fingerprint density at radius 2 is 2.33 bits per heavy atom. The molecular weight excluding hydrogens is 267 g/mol. The van der Waals surface area contributed by atoms with Crippen molar-refractivity contribution in [1.29, 1.82) is 0 Å². The van der Waals surface area contributed by atoms with E-state index in [9.17, 15) is 9.18 Å². The zero-order valence-corrected chi connectivity index (χ0v) is 9.62. The van der Waals surface area contributed by atoms with Crippen molar-refractivity contribution in [3.63, 3.8) is 0 Å². The first-order valence-corrected chi connectivity index (χ1v) is 5.15. The first-order valence-electron chi connectivity index (χ1n) is 4.35. The first-order chi connectivity index (χ1) is 7.06. The monoisotopic (exact) mass is 276 g/mol. The summed E-state index contributed by atoms with van der Waals surface area (Å²) in [6, 6.07) is 3.86. The highest BCUT2D eigenvalue weighted by atomic mass is 79.9. The van der Waals surface area contributed by atoms with Gasteiger partial charge in [-0.25, -0.2) is 9.18 Å². The van der Waals surface area contributed by atoms with E-state index in [2.05, 4.69) is 15.9 Å². The van der Waals surface area contributed by atoms with Crippen LogP contribution in [0.15, 0.2) is 22.7 Å². The molecule has 0 saturated carbocycles. The van der Waals surface area contributed by atoms with Gasteiger partial charge in [-0.1, -0.05) is 15.9 Å². The topological polar surface area (TPSA) is 46.5 Å². The van der Waals surface area contributed by atoms with E-state index in [0.29, 0.717) is 4.47 Å². The van der Waals surface area contributed by atoms with Crippen molar-refractivity contribution in [2.24, 2.45) is 0 Å². The van der Waals surface area contributed by atoms with Gasteiger partial charge in [0.25, 0.3) is 0 Å². The summed E-state index contributed by atoms with van der Waals surface area (Å²) in [6.45, 7) is 1.93. The fourth-order valence-corrected chi connectivity index (χ4v) is 1.63. The van der Waals surface area contributed by atoms with Gasteiger partial charge in [0.05, 0.1) is 0 Å². The molecule has 15 heavy (non-hydrogen) atoms. The van der Waals surface area contributed by atoms with Gasteiger partial charge in [-0.2, -0.15) is 0 Å². The highest BCUT2D eigenvalue weighted by Crippen LogP contribution is 2.27. The molecule has 0 bridgehead atoms. The highest BCUT2D eigenvalue weighted by Gasteiger charge is 2.22. The summed E-state index contributed by atoms with van der Waals surface area (Å²) >= 11 is 3.16. The Balaban J connectivity index is 3.09. The molecule has 0 aliphatic carbocycles. The lowest BCUT2D eigenvalue weighted by Crippen LogP contribution is -2.16. The van der Waals surface area contributed by atoms with Crippen LogP contribution in [0.4, 0.5) is 4.39 Å². The molecule has 0 saturated heterocycles. The molecular formula is C10H10BrFO3. The molecule has 0 spiro atoms. The first kappa shape index (κ1) is 12.1. The standard InChI is InChI=1S/C10H10BrFO3/c1-2-15-9(10(13)14)7-5-6(12)3-4-8(7)11/h3-5,9H,2H2,1H3,(H,13,14). The molecule has 1 aromatic carbocycles. The lowest BCUT2D eigenvalue weighted by Gasteiger charge is -2.14. The Morgan fingerprint density at radius 1 is 1.67 bits per heavy atom. The predicted molar refractivity (Wildman–Crippen MR) is 56.1 cm³/mol. The smallest absolute Gasteiger partial charge is 0.337 e. The van der Waals surface area contributed by atoms with Gasteiger partial charge in [0.1, 0.15) is 5.82 Å². The third kappa shape index (κ3) is 3.00. The van der Waals surface area contributed by atoms with E-state index in [0.717, 1.165) is 6.07 Å². The average Bonchev–Trinajstić information content (AvgIpc) is 2.18. The molecule has 0 aliphatic heterocycles. The average molecular weight is 277 g/mol. The number of hydrogen-bond acceptors (Lipinski definition) is 2. The number of hydrogen-bond donors (Lipinski definition) is 1. The Morgan fingerprint density at radius 3 is 2.87 bits per heavy atom. The highest BCUT2D eigenvalue weighted by molar-refractivity contribution is 9.10. The molecule has 0 fully saturated rings. The van der Waals surface area contributed by atoms with Gasteiger partial charge < -0.3 is 9.84 Å². The fraction of sp³-hybridized carbons (Fsp3) is 0.300. The van der Waals surface area contributed by atoms with Gasteiger partial charge in [-0.05, 0) is 25.1 Å². The molecule has 1 unspecified atom stereocenters. The number of aliphatic carboxylic acids is 1. The molecule has 1 N–H and O–H groups in total. The van der Waals surface area contributed by atoms with Crippen molar-refractivity contribution in [1.82, 2.24) is 0 Å². The molecule has 0 aliphatic rings. The molecule has 1 rings (SSSR count). The maximum Gasteiger partial charge on any atom is 0.337 e. The van der Waals surface area contributed by atoms with Gasteiger partial charge in [0, 0.05) is 16.6 Å². The number of benzene rings is 1. The van der Waals surface area contributed by atoms with Crippen molar-refractivity contribution >= 4 is 21.9 Å². The largest absolute Gasteiger partial charge is 0.479 e. The number of carbonyl (C=O) groups is 1. The van der Waals surface area contributed by atoms with Gasteiger partial charge in [-0.15, -0.1) is 0 Å². The minimum atomic E-state index is -1.14. The molecule has 1 atom stereocenters. The van der Waals surface area contributed by atoms with Crippen LogP contribution in [-0.2, 0) is 9.53 Å². The second-order valence-corrected chi connectivity index (χ2v) is 3.69. The Labute approximate surface area is 95.0 Å². The molecule has 0 heterocycles. The van der Waals surface area contributed by atoms with Gasteiger partial charge in [-0.3, -0.25) is 0 Å². The minimum Gasteiger partial charge on any atom is -0.479 e. The van der Waals surface area contributed by atoms with Crippen molar-refractivity contribution < 1.29 is 19.0 Å². The number of halogens is 2. The molecule has 3 nitrogen and oxygen atoms in total. The Bertz CT molecular complexity index is 368. The van der Waals surface area contributed by atoms with Crippen LogP contribution >= 0.6 is 15.9 Å². The second kappa shape index (κ2) is 5.23. The molecule has 0 amide bonds. The summed E-state index contributed by atoms with van der Waals surface area (Å²) in [5.74, 6) is -1.62. The molecule has 0 aromatic heterocycles. The summed E-state index contributed by atoms with van der Waals surface area (Å²) in [6.07, 6.45) is -1.14. The van der Waals surface area contributed by atoms with Crippen LogP contribution in [-0.4, -0.2) is 17.7 Å². The summed E-state index contributed by atoms with van der Waals surface area (Å²) < 4.78 is 18.5. The van der Waals surface area contributed by atoms with Crippen LogP contribution in [0.1, 0.15) is 18.6 Å². The van der Waals surface area contributed by atoms with E-state index >= 15 is 0 Å². The van der Waals surface area contributed by atoms with Crippen molar-refractivity contribution in [2.45, 2.75) is 13.0 Å². The van der Waals surface area contributed by atoms with Crippen LogP contribution in [0.2, 0.25) is 0 Å². The molecule has 5 heteroatoms. The third-order valence-electron chi connectivity index (χ3n) is 1.80. The normalized spacial score (nSPS) is 12.5. The van der Waals surface area contributed by atoms with Crippen LogP contribution in [0.3, 0.4) is 0 Å². The fourth-order valence-electron chi connectivity index (χ4n) is 1.18. The summed E-state index contributed by atoms with van der Waals surface area (Å²) in [7, 11) is 0. The van der Waals surface area contributed by atoms with Crippen LogP contribution in [0, 0.1) is 5.82 Å². The Kier molecular flexibility index (Phi) is 4.23. The van der Waals surface area contributed by atoms with Crippen molar-refractivity contribution in [3.05, 3.63) is 34.1 Å². The van der Waals surface area contributed by atoms with Crippen LogP contribution < -0.4 is 0 Å². The maximum absolute atomic E-state index is 12.9. The van der Waals surface area contributed by atoms with E-state index < -0.39 is 17.9 Å². The number of rotatable bonds is 4. The van der Waals surface area contributed by atoms with Crippen LogP contribution in [0.25, 0.3) is 0 Å². The quantitative estimate of drug-likeness (QED) is 0.920. The zero-order valence-electron chi connectivity index (χ0n) is 8.04. The van der Waals surface area contributed by atoms with Gasteiger partial charge in [0.2, 0.25) is 0 Å². The van der Waals surface area contributed by atoms with Gasteiger partial charge >= 0.3 is 5.97 Å². The summed E-state index contributed by atoms with van der Waals surface area (Å²) in [5, 5.41) is 8.90. The lowest BCUT2D eigenvalue weighted by molar-refractivity contribution is -0.150. The number of ether oxygens (including phenoxy) is 1. The second-order valence-electron chi connectivity index (χ2n) is 2.84. The third-order valence-corrected chi connectivity index (χ3v) is 2.52. The van der Waals surface area contributed by atoms with Crippen molar-refractivity contribution in [3.8, 4) is 0 Å². The van der Waals surface area contributed by atoms with Gasteiger partial charge in [0.15, 0.2) is 6.10 Å². The van der Waals surface area contributed by atoms with E-state index in [1.807, 2.05) is 0 Å². The number of carboxylic acid groups (broad SMARTS) is 1. The lowest BCUT2D eigenvalue weighted by atomic mass is 10.1. The minimum absolute atomic E-state index is 0.250. The van der Waals surface area contributed by atoms with E-state index in [1.54, 1.807) is 6.92 Å². The summed E-state index contributed by atoms with van der Waals surface area (Å²) in [5.41, 5.74) is 0.282. The summed E-state index contributed by atoms with van der Waals surface area (Å²) in [4.78, 5) is 10.9. The maximum atomic E-state index is 12.9. The molecule has 0 radical (unpaired) electrons. The van der Waals surface area contributed by atoms with Crippen molar-refractivity contribution in [2.75, 3.05) is 6.61 Å². The van der Waals surface area contributed by atoms with E-state index in [-0.39, 0.29) is 12.2 Å². The van der Waals surface area contributed by atoms with E-state index in [1.165, 1.54) is 12.1 Å². The van der Waals surface area contributed by atoms with E-state index in [4.69, 9.17) is 9.84 Å².